The van der Waals surface area contributed by atoms with Crippen molar-refractivity contribution in [3.8, 4) is 135 Å². The molecular weight excluding hydrogens is 1630 g/mol. The zero-order chi connectivity index (χ0) is 87.2. The molecule has 130 heavy (non-hydrogen) atoms. The van der Waals surface area contributed by atoms with Gasteiger partial charge in [-0.2, -0.15) is 9.97 Å². The molecule has 0 bridgehead atoms. The number of halogens is 1. The fraction of sp³-hybridized carbons (Fsp3) is 0.0690. The van der Waals surface area contributed by atoms with Crippen LogP contribution in [0.3, 0.4) is 0 Å². The zero-order valence-corrected chi connectivity index (χ0v) is 73.0. The zero-order valence-electron chi connectivity index (χ0n) is 71.4. The van der Waals surface area contributed by atoms with Crippen molar-refractivity contribution in [2.75, 3.05) is 0 Å². The summed E-state index contributed by atoms with van der Waals surface area (Å²) in [6.07, 6.45) is 3.73. The summed E-state index contributed by atoms with van der Waals surface area (Å²) in [6, 6.07) is 141. The van der Waals surface area contributed by atoms with Gasteiger partial charge in [0.05, 0.1) is 33.1 Å². The predicted octanol–water partition coefficient (Wildman–Crippen LogP) is 27.8. The van der Waals surface area contributed by atoms with Crippen LogP contribution in [0, 0.1) is 0 Å². The van der Waals surface area contributed by atoms with E-state index in [0.29, 0.717) is 29.1 Å². The molecule has 5 aliphatic rings. The molecule has 0 atom stereocenters. The maximum Gasteiger partial charge on any atom is 0.494 e. The topological polar surface area (TPSA) is 131 Å². The Kier molecular flexibility index (Phi) is 19.7. The highest BCUT2D eigenvalue weighted by Gasteiger charge is 2.55. The van der Waals surface area contributed by atoms with Gasteiger partial charge in [0.15, 0.2) is 29.1 Å². The molecule has 1 fully saturated rings. The normalized spacial score (nSPS) is 14.2. The van der Waals surface area contributed by atoms with E-state index in [9.17, 15) is 0 Å². The largest absolute Gasteiger partial charge is 0.494 e. The Morgan fingerprint density at radius 1 is 0.254 bits per heavy atom. The summed E-state index contributed by atoms with van der Waals surface area (Å²) in [4.78, 5) is 40.1. The van der Waals surface area contributed by atoms with Crippen LogP contribution < -0.4 is 10.2 Å². The van der Waals surface area contributed by atoms with Crippen LogP contribution in [0.5, 0.6) is 11.5 Å². The number of para-hydroxylation sites is 4. The van der Waals surface area contributed by atoms with E-state index in [-0.39, 0.29) is 5.28 Å². The average Bonchev–Trinajstić information content (AvgIpc) is 1.51. The molecule has 1 saturated heterocycles. The van der Waals surface area contributed by atoms with E-state index in [1.165, 1.54) is 65.4 Å². The number of pyridine rings is 2. The van der Waals surface area contributed by atoms with Crippen molar-refractivity contribution in [2.24, 2.45) is 0 Å². The Morgan fingerprint density at radius 2 is 0.577 bits per heavy atom. The summed E-state index contributed by atoms with van der Waals surface area (Å²) in [5.74, 6) is 4.87. The molecule has 11 nitrogen and oxygen atoms in total. The van der Waals surface area contributed by atoms with E-state index in [1.807, 2.05) is 133 Å². The van der Waals surface area contributed by atoms with E-state index in [2.05, 4.69) is 334 Å². The molecule has 0 unspecified atom stereocenters. The SMILES string of the molecule is CC1(C)OB(c2ccc3c(c2)-c2cc(-c4ccc(-c5cccc6cccnc56)cc4)ccc2C32c3ccccc3Oc3ccccc32)OC1(C)C.Clc1nc(-c2ccccc2)nc(-c2ccccc2)n1.c1ccc(-c2nc(-c3ccccc3)nc(-c3ccc4c(c3)-c3cc(-c5ccc(-c6cccc7cccnc67)cc5)ccc3C43c4ccccc4Sc4ccccc43)n2)cc1. The highest BCUT2D eigenvalue weighted by Crippen LogP contribution is 2.65. The number of rotatable bonds is 10. The predicted molar refractivity (Wildman–Crippen MR) is 525 cm³/mol. The third-order valence-electron chi connectivity index (χ3n) is 26.4. The highest BCUT2D eigenvalue weighted by molar-refractivity contribution is 7.99. The lowest BCUT2D eigenvalue weighted by atomic mass is 9.65. The van der Waals surface area contributed by atoms with Crippen molar-refractivity contribution >= 4 is 57.7 Å². The molecule has 618 valence electrons. The van der Waals surface area contributed by atoms with Crippen molar-refractivity contribution in [3.63, 3.8) is 0 Å². The first-order chi connectivity index (χ1) is 63.8. The van der Waals surface area contributed by atoms with Gasteiger partial charge in [0.2, 0.25) is 5.28 Å². The van der Waals surface area contributed by atoms with Gasteiger partial charge in [-0.25, -0.2) is 19.9 Å². The van der Waals surface area contributed by atoms with Crippen LogP contribution in [0.2, 0.25) is 5.28 Å². The van der Waals surface area contributed by atoms with Gasteiger partial charge in [0.1, 0.15) is 11.5 Å². The van der Waals surface area contributed by atoms with Crippen molar-refractivity contribution in [1.29, 1.82) is 0 Å². The summed E-state index contributed by atoms with van der Waals surface area (Å²) < 4.78 is 19.7. The number of fused-ring (bicyclic) bond motifs is 20. The molecule has 0 saturated carbocycles. The first-order valence-electron chi connectivity index (χ1n) is 43.8. The van der Waals surface area contributed by atoms with Gasteiger partial charge < -0.3 is 14.0 Å². The van der Waals surface area contributed by atoms with Gasteiger partial charge in [-0.05, 0) is 188 Å². The smallest absolute Gasteiger partial charge is 0.457 e. The monoisotopic (exact) mass is 1710 g/mol. The minimum Gasteiger partial charge on any atom is -0.457 e. The first-order valence-corrected chi connectivity index (χ1v) is 45.0. The molecule has 20 aromatic rings. The van der Waals surface area contributed by atoms with Crippen LogP contribution in [0.4, 0.5) is 0 Å². The Morgan fingerprint density at radius 3 is 1.01 bits per heavy atom. The van der Waals surface area contributed by atoms with Gasteiger partial charge in [0, 0.05) is 83.0 Å². The third kappa shape index (κ3) is 13.6. The van der Waals surface area contributed by atoms with Crippen molar-refractivity contribution in [2.45, 2.75) is 59.5 Å². The molecule has 4 aromatic heterocycles. The lowest BCUT2D eigenvalue weighted by Crippen LogP contribution is -2.41. The van der Waals surface area contributed by atoms with E-state index in [4.69, 9.17) is 50.6 Å². The number of aromatic nitrogens is 8. The summed E-state index contributed by atoms with van der Waals surface area (Å²) in [6.45, 7) is 8.42. The highest BCUT2D eigenvalue weighted by atomic mass is 35.5. The molecule has 0 amide bonds. The van der Waals surface area contributed by atoms with Crippen LogP contribution in [0.15, 0.2) is 423 Å². The van der Waals surface area contributed by atoms with Gasteiger partial charge in [-0.3, -0.25) is 9.97 Å². The van der Waals surface area contributed by atoms with Crippen LogP contribution in [0.25, 0.3) is 146 Å². The molecule has 16 aromatic carbocycles. The van der Waals surface area contributed by atoms with Crippen LogP contribution in [-0.2, 0) is 20.1 Å². The van der Waals surface area contributed by atoms with Crippen molar-refractivity contribution in [3.05, 3.63) is 463 Å². The quantitative estimate of drug-likeness (QED) is 0.121. The van der Waals surface area contributed by atoms with Crippen LogP contribution in [-0.4, -0.2) is 58.2 Å². The Labute approximate surface area is 763 Å². The molecule has 2 aliphatic carbocycles. The van der Waals surface area contributed by atoms with E-state index < -0.39 is 29.2 Å². The number of nitrogens with zero attached hydrogens (tertiary/aromatic N) is 8. The minimum atomic E-state index is -0.547. The third-order valence-corrected chi connectivity index (χ3v) is 27.7. The minimum absolute atomic E-state index is 0.202. The van der Waals surface area contributed by atoms with E-state index in [1.54, 1.807) is 0 Å². The van der Waals surface area contributed by atoms with E-state index in [0.717, 1.165) is 122 Å². The average molecular weight is 1710 g/mol. The Bertz CT molecular complexity index is 7610. The second kappa shape index (κ2) is 32.3. The fourth-order valence-electron chi connectivity index (χ4n) is 19.5. The molecule has 3 aliphatic heterocycles. The van der Waals surface area contributed by atoms with E-state index >= 15 is 0 Å². The standard InChI is InChI=1S/C55H34N4S.C46H36BNO3.C15H10ClN3/c1-3-13-38(14-4-1)52-57-53(39-15-5-2-6-16-39)59-54(58-52)41-29-31-46-44(34-41)43-33-40(35-24-26-36(27-25-35)42-19-11-17-37-18-12-32-56-51(37)42)28-30-45(43)55(46)47-20-7-9-22-49(47)60-50-23-10-8-21-48(50)55;1-44(2)45(3,4)51-47(50-44)33-23-25-38-36(28-33)35-27-32(29-18-20-30(21-19-29)34-13-9-11-31-12-10-26-48-43(31)34)22-24-37(35)46(38)39-14-5-7-16-41(39)49-42-17-8-6-15-40(42)46;16-15-18-13(11-7-3-1-4-8-11)17-14(19-15)12-9-5-2-6-10-12/h1-34H;5-28H,1-4H3;1-10H. The fourth-order valence-corrected chi connectivity index (χ4v) is 20.9. The van der Waals surface area contributed by atoms with Crippen molar-refractivity contribution < 1.29 is 14.0 Å². The van der Waals surface area contributed by atoms with Crippen LogP contribution >= 0.6 is 23.4 Å². The Balaban J connectivity index is 0.000000124. The maximum atomic E-state index is 6.57. The number of hydrogen-bond acceptors (Lipinski definition) is 12. The summed E-state index contributed by atoms with van der Waals surface area (Å²) >= 11 is 7.85. The molecule has 0 N–H and O–H groups in total. The Hall–Kier alpha value is -15.2. The maximum absolute atomic E-state index is 6.57. The lowest BCUT2D eigenvalue weighted by Gasteiger charge is -2.39. The molecular formula is C116H80BClN8O3S. The van der Waals surface area contributed by atoms with Gasteiger partial charge in [-0.1, -0.05) is 358 Å². The number of hydrogen-bond donors (Lipinski definition) is 0. The van der Waals surface area contributed by atoms with Gasteiger partial charge >= 0.3 is 7.12 Å². The van der Waals surface area contributed by atoms with Crippen LogP contribution in [0.1, 0.15) is 72.2 Å². The lowest BCUT2D eigenvalue weighted by molar-refractivity contribution is 0.00578. The van der Waals surface area contributed by atoms with Gasteiger partial charge in [-0.15, -0.1) is 0 Å². The second-order valence-electron chi connectivity index (χ2n) is 34.3. The first kappa shape index (κ1) is 79.4. The summed E-state index contributed by atoms with van der Waals surface area (Å²) in [5.41, 5.74) is 29.7. The molecule has 0 radical (unpaired) electrons. The molecule has 7 heterocycles. The number of ether oxygens (including phenoxy) is 1. The summed E-state index contributed by atoms with van der Waals surface area (Å²) in [5, 5.41) is 2.48. The molecule has 25 rings (SSSR count). The number of benzene rings is 16. The van der Waals surface area contributed by atoms with Gasteiger partial charge in [0.25, 0.3) is 0 Å². The van der Waals surface area contributed by atoms with Crippen molar-refractivity contribution in [1.82, 2.24) is 39.9 Å². The molecule has 14 heteroatoms. The molecule has 2 spiro atoms. The second-order valence-corrected chi connectivity index (χ2v) is 35.7. The summed E-state index contributed by atoms with van der Waals surface area (Å²) in [7, 11) is -0.464.